The summed E-state index contributed by atoms with van der Waals surface area (Å²) < 4.78 is 0. The van der Waals surface area contributed by atoms with E-state index in [1.165, 1.54) is 0 Å². The van der Waals surface area contributed by atoms with Gasteiger partial charge in [-0.25, -0.2) is 0 Å². The van der Waals surface area contributed by atoms with Gasteiger partial charge in [-0.05, 0) is 13.8 Å². The molecule has 0 aromatic heterocycles. The highest BCUT2D eigenvalue weighted by Crippen LogP contribution is 2.25. The normalized spacial score (nSPS) is 41.2. The third kappa shape index (κ3) is 1.61. The van der Waals surface area contributed by atoms with Crippen LogP contribution in [0.25, 0.3) is 0 Å². The van der Waals surface area contributed by atoms with Gasteiger partial charge in [0.15, 0.2) is 0 Å². The molecule has 0 amide bonds. The molecule has 3 unspecified atom stereocenters. The molecule has 1 rings (SSSR count). The summed E-state index contributed by atoms with van der Waals surface area (Å²) in [5.74, 6) is -0.304. The minimum atomic E-state index is -0.828. The van der Waals surface area contributed by atoms with Gasteiger partial charge in [0.05, 0.1) is 18.8 Å². The quantitative estimate of drug-likeness (QED) is 0.399. The summed E-state index contributed by atoms with van der Waals surface area (Å²) >= 11 is 0. The lowest BCUT2D eigenvalue weighted by Crippen LogP contribution is -2.63. The van der Waals surface area contributed by atoms with Crippen molar-refractivity contribution in [1.82, 2.24) is 5.32 Å². The van der Waals surface area contributed by atoms with Crippen LogP contribution in [0.15, 0.2) is 0 Å². The molecule has 4 N–H and O–H groups in total. The number of rotatable bonds is 1. The molecule has 1 fully saturated rings. The van der Waals surface area contributed by atoms with Crippen molar-refractivity contribution in [2.45, 2.75) is 31.6 Å². The molecule has 1 saturated heterocycles. The number of piperidine rings is 1. The second kappa shape index (κ2) is 3.30. The van der Waals surface area contributed by atoms with Crippen molar-refractivity contribution in [3.05, 3.63) is 0 Å². The number of aliphatic hydroxyl groups is 3. The van der Waals surface area contributed by atoms with Crippen molar-refractivity contribution >= 4 is 0 Å². The first-order chi connectivity index (χ1) is 5.49. The van der Waals surface area contributed by atoms with Gasteiger partial charge in [-0.15, -0.1) is 0 Å². The minimum absolute atomic E-state index is 0.113. The van der Waals surface area contributed by atoms with Crippen LogP contribution < -0.4 is 5.32 Å². The third-order valence-electron chi connectivity index (χ3n) is 2.70. The first-order valence-corrected chi connectivity index (χ1v) is 4.21. The van der Waals surface area contributed by atoms with Crippen LogP contribution in [-0.4, -0.2) is 46.2 Å². The van der Waals surface area contributed by atoms with Gasteiger partial charge in [0.2, 0.25) is 0 Å². The zero-order chi connectivity index (χ0) is 9.35. The van der Waals surface area contributed by atoms with Gasteiger partial charge in [-0.2, -0.15) is 0 Å². The number of hydrogen-bond acceptors (Lipinski definition) is 4. The lowest BCUT2D eigenvalue weighted by molar-refractivity contribution is -0.0857. The molecule has 1 aliphatic heterocycles. The van der Waals surface area contributed by atoms with E-state index in [4.69, 9.17) is 5.11 Å². The predicted octanol–water partition coefficient (Wildman–Crippen LogP) is -1.30. The lowest BCUT2D eigenvalue weighted by Gasteiger charge is -2.44. The van der Waals surface area contributed by atoms with E-state index in [0.717, 1.165) is 0 Å². The summed E-state index contributed by atoms with van der Waals surface area (Å²) in [6.07, 6.45) is -1.60. The highest BCUT2D eigenvalue weighted by atomic mass is 16.3. The molecule has 1 aliphatic rings. The van der Waals surface area contributed by atoms with Gasteiger partial charge in [-0.3, -0.25) is 0 Å². The Morgan fingerprint density at radius 3 is 2.42 bits per heavy atom. The smallest absolute Gasteiger partial charge is 0.0927 e. The van der Waals surface area contributed by atoms with Crippen molar-refractivity contribution in [3.63, 3.8) is 0 Å². The fraction of sp³-hybridized carbons (Fsp3) is 1.00. The average Bonchev–Trinajstić information content (AvgIpc) is 1.99. The molecule has 0 bridgehead atoms. The monoisotopic (exact) mass is 175 g/mol. The maximum Gasteiger partial charge on any atom is 0.0927 e. The maximum atomic E-state index is 9.52. The van der Waals surface area contributed by atoms with Crippen LogP contribution in [0.2, 0.25) is 0 Å². The van der Waals surface area contributed by atoms with E-state index >= 15 is 0 Å². The van der Waals surface area contributed by atoms with Crippen LogP contribution in [0.5, 0.6) is 0 Å². The van der Waals surface area contributed by atoms with Gasteiger partial charge in [0.25, 0.3) is 0 Å². The Hall–Kier alpha value is -0.160. The summed E-state index contributed by atoms with van der Waals surface area (Å²) in [5.41, 5.74) is -0.312. The molecular formula is C8H17NO3. The van der Waals surface area contributed by atoms with E-state index < -0.39 is 12.2 Å². The van der Waals surface area contributed by atoms with Crippen LogP contribution in [0.1, 0.15) is 13.8 Å². The molecular weight excluding hydrogens is 158 g/mol. The topological polar surface area (TPSA) is 72.7 Å². The summed E-state index contributed by atoms with van der Waals surface area (Å²) in [4.78, 5) is 0. The SMILES string of the molecule is CC1(C)NCC(O)C(O)C1CO. The van der Waals surface area contributed by atoms with Crippen LogP contribution in [0.4, 0.5) is 0 Å². The summed E-state index contributed by atoms with van der Waals surface area (Å²) in [5, 5.41) is 30.9. The van der Waals surface area contributed by atoms with Crippen molar-refractivity contribution in [2.75, 3.05) is 13.2 Å². The lowest BCUT2D eigenvalue weighted by atomic mass is 9.78. The number of aliphatic hydroxyl groups excluding tert-OH is 3. The molecule has 4 nitrogen and oxygen atoms in total. The molecule has 72 valence electrons. The molecule has 12 heavy (non-hydrogen) atoms. The highest BCUT2D eigenvalue weighted by molar-refractivity contribution is 4.97. The second-order valence-corrected chi connectivity index (χ2v) is 3.95. The fourth-order valence-corrected chi connectivity index (χ4v) is 1.65. The summed E-state index contributed by atoms with van der Waals surface area (Å²) in [6, 6.07) is 0. The summed E-state index contributed by atoms with van der Waals surface area (Å²) in [6.45, 7) is 4.08. The molecule has 3 atom stereocenters. The van der Waals surface area contributed by atoms with Crippen LogP contribution in [-0.2, 0) is 0 Å². The van der Waals surface area contributed by atoms with Crippen molar-refractivity contribution in [1.29, 1.82) is 0 Å². The molecule has 0 aromatic carbocycles. The Morgan fingerprint density at radius 2 is 2.00 bits per heavy atom. The Balaban J connectivity index is 2.72. The molecule has 0 radical (unpaired) electrons. The number of hydrogen-bond donors (Lipinski definition) is 4. The Labute approximate surface area is 72.2 Å². The first-order valence-electron chi connectivity index (χ1n) is 4.21. The maximum absolute atomic E-state index is 9.52. The Bertz CT molecular complexity index is 160. The number of β-amino-alcohol motifs (C(OH)–C–C–N with tert-alkyl or cyclic N) is 1. The van der Waals surface area contributed by atoms with Gasteiger partial charge in [0, 0.05) is 18.0 Å². The highest BCUT2D eigenvalue weighted by Gasteiger charge is 2.41. The second-order valence-electron chi connectivity index (χ2n) is 3.95. The average molecular weight is 175 g/mol. The van der Waals surface area contributed by atoms with E-state index in [-0.39, 0.29) is 18.1 Å². The molecule has 1 heterocycles. The Kier molecular flexibility index (Phi) is 2.73. The van der Waals surface area contributed by atoms with Crippen molar-refractivity contribution < 1.29 is 15.3 Å². The van der Waals surface area contributed by atoms with Crippen molar-refractivity contribution in [2.24, 2.45) is 5.92 Å². The van der Waals surface area contributed by atoms with Crippen LogP contribution in [0.3, 0.4) is 0 Å². The molecule has 0 aliphatic carbocycles. The fourth-order valence-electron chi connectivity index (χ4n) is 1.65. The zero-order valence-corrected chi connectivity index (χ0v) is 7.49. The molecule has 0 spiro atoms. The number of nitrogens with one attached hydrogen (secondary N) is 1. The summed E-state index contributed by atoms with van der Waals surface area (Å²) in [7, 11) is 0. The minimum Gasteiger partial charge on any atom is -0.396 e. The van der Waals surface area contributed by atoms with E-state index in [2.05, 4.69) is 5.32 Å². The van der Waals surface area contributed by atoms with E-state index in [0.29, 0.717) is 6.54 Å². The van der Waals surface area contributed by atoms with E-state index in [9.17, 15) is 10.2 Å². The van der Waals surface area contributed by atoms with Gasteiger partial charge >= 0.3 is 0 Å². The van der Waals surface area contributed by atoms with E-state index in [1.54, 1.807) is 0 Å². The third-order valence-corrected chi connectivity index (χ3v) is 2.70. The van der Waals surface area contributed by atoms with Crippen LogP contribution in [0, 0.1) is 5.92 Å². The van der Waals surface area contributed by atoms with Gasteiger partial charge in [-0.1, -0.05) is 0 Å². The zero-order valence-electron chi connectivity index (χ0n) is 7.49. The van der Waals surface area contributed by atoms with Crippen molar-refractivity contribution in [3.8, 4) is 0 Å². The standard InChI is InChI=1S/C8H17NO3/c1-8(2)5(4-10)7(12)6(11)3-9-8/h5-7,9-12H,3-4H2,1-2H3. The van der Waals surface area contributed by atoms with Gasteiger partial charge in [0.1, 0.15) is 0 Å². The largest absolute Gasteiger partial charge is 0.396 e. The first kappa shape index (κ1) is 9.92. The van der Waals surface area contributed by atoms with E-state index in [1.807, 2.05) is 13.8 Å². The predicted molar refractivity (Wildman–Crippen MR) is 44.7 cm³/mol. The molecule has 0 aromatic rings. The molecule has 0 saturated carbocycles. The Morgan fingerprint density at radius 1 is 1.42 bits per heavy atom. The van der Waals surface area contributed by atoms with Crippen LogP contribution >= 0.6 is 0 Å². The van der Waals surface area contributed by atoms with Gasteiger partial charge < -0.3 is 20.6 Å². The molecule has 4 heteroatoms.